The number of fused-ring (bicyclic) bond motifs is 3. The average molecular weight is 437 g/mol. The Balaban J connectivity index is 1.32. The van der Waals surface area contributed by atoms with Gasteiger partial charge in [-0.3, -0.25) is 9.59 Å². The third kappa shape index (κ3) is 4.33. The maximum Gasteiger partial charge on any atom is 0.408 e. The smallest absolute Gasteiger partial charge is 0.408 e. The number of nitrogens with one attached hydrogen (secondary N) is 1. The van der Waals surface area contributed by atoms with Gasteiger partial charge in [0.05, 0.1) is 0 Å². The number of rotatable bonds is 7. The van der Waals surface area contributed by atoms with Gasteiger partial charge in [0.1, 0.15) is 12.1 Å². The number of carbonyl (C=O) groups excluding carboxylic acids is 2. The fraction of sp³-hybridized carbons (Fsp3) is 0.400. The van der Waals surface area contributed by atoms with E-state index in [1.807, 2.05) is 24.3 Å². The number of alkyl carbamates (subject to hydrolysis) is 1. The fourth-order valence-corrected chi connectivity index (χ4v) is 4.58. The van der Waals surface area contributed by atoms with E-state index in [1.165, 1.54) is 0 Å². The molecule has 7 heteroatoms. The summed E-state index contributed by atoms with van der Waals surface area (Å²) in [5, 5.41) is 11.5. The number of amides is 2. The molecular weight excluding hydrogens is 408 g/mol. The van der Waals surface area contributed by atoms with Gasteiger partial charge in [-0.2, -0.15) is 0 Å². The molecular formula is C25H28N2O5. The highest BCUT2D eigenvalue weighted by Gasteiger charge is 2.40. The van der Waals surface area contributed by atoms with Crippen molar-refractivity contribution in [2.45, 2.75) is 38.1 Å². The van der Waals surface area contributed by atoms with Gasteiger partial charge in [-0.05, 0) is 48.4 Å². The Kier molecular flexibility index (Phi) is 5.91. The SMILES string of the molecule is CC(C)(NC(=O)OCC1c2ccccc2-c2ccccc21)C(=O)N1CC(CCC(=O)O)C1. The number of nitrogens with zero attached hydrogens (tertiary/aromatic N) is 1. The summed E-state index contributed by atoms with van der Waals surface area (Å²) < 4.78 is 5.56. The van der Waals surface area contributed by atoms with Crippen molar-refractivity contribution < 1.29 is 24.2 Å². The Morgan fingerprint density at radius 1 is 1.03 bits per heavy atom. The number of ether oxygens (including phenoxy) is 1. The molecule has 4 rings (SSSR count). The van der Waals surface area contributed by atoms with Crippen molar-refractivity contribution >= 4 is 18.0 Å². The molecule has 0 radical (unpaired) electrons. The third-order valence-electron chi connectivity index (χ3n) is 6.30. The molecule has 0 unspecified atom stereocenters. The largest absolute Gasteiger partial charge is 0.481 e. The van der Waals surface area contributed by atoms with Crippen LogP contribution in [0.15, 0.2) is 48.5 Å². The van der Waals surface area contributed by atoms with Crippen LogP contribution in [0.1, 0.15) is 43.7 Å². The van der Waals surface area contributed by atoms with Crippen LogP contribution >= 0.6 is 0 Å². The number of benzene rings is 2. The Labute approximate surface area is 187 Å². The Hall–Kier alpha value is -3.35. The maximum absolute atomic E-state index is 12.8. The van der Waals surface area contributed by atoms with E-state index in [0.29, 0.717) is 19.5 Å². The molecule has 0 atom stereocenters. The highest BCUT2D eigenvalue weighted by atomic mass is 16.5. The second-order valence-corrected chi connectivity index (χ2v) is 9.08. The van der Waals surface area contributed by atoms with Crippen molar-refractivity contribution in [1.82, 2.24) is 10.2 Å². The van der Waals surface area contributed by atoms with Gasteiger partial charge >= 0.3 is 12.1 Å². The minimum absolute atomic E-state index is 0.0441. The third-order valence-corrected chi connectivity index (χ3v) is 6.30. The molecule has 0 bridgehead atoms. The minimum atomic E-state index is -1.11. The van der Waals surface area contributed by atoms with Crippen molar-refractivity contribution in [3.05, 3.63) is 59.7 Å². The molecule has 0 saturated carbocycles. The summed E-state index contributed by atoms with van der Waals surface area (Å²) in [6, 6.07) is 16.2. The van der Waals surface area contributed by atoms with Crippen LogP contribution in [0.5, 0.6) is 0 Å². The van der Waals surface area contributed by atoms with Crippen LogP contribution in [-0.2, 0) is 14.3 Å². The lowest BCUT2D eigenvalue weighted by atomic mass is 9.91. The maximum atomic E-state index is 12.8. The summed E-state index contributed by atoms with van der Waals surface area (Å²) in [4.78, 5) is 37.7. The fourth-order valence-electron chi connectivity index (χ4n) is 4.58. The molecule has 1 heterocycles. The van der Waals surface area contributed by atoms with Crippen molar-refractivity contribution in [2.24, 2.45) is 5.92 Å². The van der Waals surface area contributed by atoms with E-state index in [4.69, 9.17) is 9.84 Å². The quantitative estimate of drug-likeness (QED) is 0.691. The van der Waals surface area contributed by atoms with Crippen molar-refractivity contribution in [2.75, 3.05) is 19.7 Å². The van der Waals surface area contributed by atoms with Gasteiger partial charge in [0, 0.05) is 25.4 Å². The van der Waals surface area contributed by atoms with E-state index in [9.17, 15) is 14.4 Å². The van der Waals surface area contributed by atoms with Gasteiger partial charge < -0.3 is 20.1 Å². The lowest BCUT2D eigenvalue weighted by Crippen LogP contribution is -2.61. The Morgan fingerprint density at radius 2 is 1.59 bits per heavy atom. The standard InChI is InChI=1S/C25H28N2O5/c1-25(2,23(30)27-13-16(14-27)11-12-22(28)29)26-24(31)32-15-21-19-9-5-3-7-17(19)18-8-4-6-10-20(18)21/h3-10,16,21H,11-15H2,1-2H3,(H,26,31)(H,28,29). The zero-order valence-electron chi connectivity index (χ0n) is 18.3. The molecule has 2 aliphatic rings. The molecule has 1 fully saturated rings. The van der Waals surface area contributed by atoms with Crippen LogP contribution in [0.4, 0.5) is 4.79 Å². The van der Waals surface area contributed by atoms with E-state index in [0.717, 1.165) is 22.3 Å². The van der Waals surface area contributed by atoms with Crippen molar-refractivity contribution in [1.29, 1.82) is 0 Å². The first-order valence-corrected chi connectivity index (χ1v) is 10.9. The van der Waals surface area contributed by atoms with E-state index < -0.39 is 17.6 Å². The summed E-state index contributed by atoms with van der Waals surface area (Å²) in [5.74, 6) is -0.873. The van der Waals surface area contributed by atoms with Crippen LogP contribution in [0.25, 0.3) is 11.1 Å². The number of carbonyl (C=O) groups is 3. The predicted octanol–water partition coefficient (Wildman–Crippen LogP) is 3.63. The zero-order chi connectivity index (χ0) is 22.9. The van der Waals surface area contributed by atoms with Gasteiger partial charge in [-0.25, -0.2) is 4.79 Å². The topological polar surface area (TPSA) is 95.9 Å². The second-order valence-electron chi connectivity index (χ2n) is 9.08. The molecule has 1 aliphatic heterocycles. The predicted molar refractivity (Wildman–Crippen MR) is 119 cm³/mol. The number of carboxylic acids is 1. The summed E-state index contributed by atoms with van der Waals surface area (Å²) in [6.45, 7) is 4.53. The summed E-state index contributed by atoms with van der Waals surface area (Å²) in [5.41, 5.74) is 3.46. The van der Waals surface area contributed by atoms with Crippen molar-refractivity contribution in [3.63, 3.8) is 0 Å². The molecule has 1 aliphatic carbocycles. The van der Waals surface area contributed by atoms with Crippen LogP contribution < -0.4 is 5.32 Å². The molecule has 2 amide bonds. The molecule has 168 valence electrons. The molecule has 2 aromatic rings. The van der Waals surface area contributed by atoms with E-state index in [2.05, 4.69) is 29.6 Å². The second kappa shape index (κ2) is 8.65. The van der Waals surface area contributed by atoms with Crippen LogP contribution in [0.3, 0.4) is 0 Å². The molecule has 2 aromatic carbocycles. The van der Waals surface area contributed by atoms with E-state index in [1.54, 1.807) is 18.7 Å². The van der Waals surface area contributed by atoms with E-state index >= 15 is 0 Å². The highest BCUT2D eigenvalue weighted by molar-refractivity contribution is 5.89. The Morgan fingerprint density at radius 3 is 2.16 bits per heavy atom. The highest BCUT2D eigenvalue weighted by Crippen LogP contribution is 2.44. The summed E-state index contributed by atoms with van der Waals surface area (Å²) in [7, 11) is 0. The molecule has 0 spiro atoms. The van der Waals surface area contributed by atoms with Crippen molar-refractivity contribution in [3.8, 4) is 11.1 Å². The van der Waals surface area contributed by atoms with Gasteiger partial charge in [0.15, 0.2) is 0 Å². The number of aliphatic carboxylic acids is 1. The lowest BCUT2D eigenvalue weighted by Gasteiger charge is -2.43. The lowest BCUT2D eigenvalue weighted by molar-refractivity contribution is -0.144. The first kappa shape index (κ1) is 21.9. The number of hydrogen-bond acceptors (Lipinski definition) is 4. The normalized spacial score (nSPS) is 15.5. The number of carboxylic acid groups (broad SMARTS) is 1. The zero-order valence-corrected chi connectivity index (χ0v) is 18.3. The van der Waals surface area contributed by atoms with Gasteiger partial charge in [0.25, 0.3) is 0 Å². The first-order valence-electron chi connectivity index (χ1n) is 10.9. The first-order chi connectivity index (χ1) is 15.3. The average Bonchev–Trinajstić information content (AvgIpc) is 3.04. The van der Waals surface area contributed by atoms with Gasteiger partial charge in [-0.1, -0.05) is 48.5 Å². The van der Waals surface area contributed by atoms with Crippen LogP contribution in [-0.4, -0.2) is 53.2 Å². The summed E-state index contributed by atoms with van der Waals surface area (Å²) in [6.07, 6.45) is 0.0288. The van der Waals surface area contributed by atoms with Gasteiger partial charge in [0.2, 0.25) is 5.91 Å². The molecule has 32 heavy (non-hydrogen) atoms. The molecule has 1 saturated heterocycles. The van der Waals surface area contributed by atoms with Crippen LogP contribution in [0, 0.1) is 5.92 Å². The van der Waals surface area contributed by atoms with E-state index in [-0.39, 0.29) is 30.8 Å². The number of hydrogen-bond donors (Lipinski definition) is 2. The molecule has 0 aromatic heterocycles. The molecule has 7 nitrogen and oxygen atoms in total. The molecule has 2 N–H and O–H groups in total. The number of likely N-dealkylation sites (tertiary alicyclic amines) is 1. The minimum Gasteiger partial charge on any atom is -0.481 e. The van der Waals surface area contributed by atoms with Gasteiger partial charge in [-0.15, -0.1) is 0 Å². The summed E-state index contributed by atoms with van der Waals surface area (Å²) >= 11 is 0. The monoisotopic (exact) mass is 436 g/mol. The van der Waals surface area contributed by atoms with Crippen LogP contribution in [0.2, 0.25) is 0 Å². The Bertz CT molecular complexity index is 997.